The van der Waals surface area contributed by atoms with Gasteiger partial charge >= 0.3 is 5.97 Å². The van der Waals surface area contributed by atoms with Crippen LogP contribution < -0.4 is 20.5 Å². The largest absolute Gasteiger partial charge is 0.480 e. The average molecular weight is 435 g/mol. The van der Waals surface area contributed by atoms with Crippen LogP contribution in [0, 0.1) is 11.8 Å². The van der Waals surface area contributed by atoms with E-state index in [1.165, 1.54) is 0 Å². The van der Waals surface area contributed by atoms with Gasteiger partial charge in [0.15, 0.2) is 0 Å². The molecule has 1 aliphatic rings. The summed E-state index contributed by atoms with van der Waals surface area (Å²) < 4.78 is 29.7. The number of carboxylic acid groups (broad SMARTS) is 1. The van der Waals surface area contributed by atoms with E-state index >= 15 is 0 Å². The van der Waals surface area contributed by atoms with Gasteiger partial charge in [-0.3, -0.25) is 9.59 Å². The van der Waals surface area contributed by atoms with Gasteiger partial charge in [-0.2, -0.15) is 17.9 Å². The number of rotatable bonds is 14. The third kappa shape index (κ3) is 10.9. The predicted octanol–water partition coefficient (Wildman–Crippen LogP) is 1.10. The van der Waals surface area contributed by atoms with Crippen LogP contribution in [0.2, 0.25) is 0 Å². The summed E-state index contributed by atoms with van der Waals surface area (Å²) in [5.74, 6) is -1.10. The van der Waals surface area contributed by atoms with Gasteiger partial charge in [0, 0.05) is 6.54 Å². The molecule has 0 saturated heterocycles. The Morgan fingerprint density at radius 1 is 1.07 bits per heavy atom. The summed E-state index contributed by atoms with van der Waals surface area (Å²) in [5.41, 5.74) is 5.41. The maximum absolute atomic E-state index is 12.6. The molecule has 0 heterocycles. The highest BCUT2D eigenvalue weighted by Crippen LogP contribution is 2.27. The minimum atomic E-state index is -4.17. The van der Waals surface area contributed by atoms with Crippen molar-refractivity contribution in [2.24, 2.45) is 17.6 Å². The van der Waals surface area contributed by atoms with Gasteiger partial charge in [-0.15, -0.1) is 0 Å². The van der Waals surface area contributed by atoms with Crippen molar-refractivity contribution in [3.05, 3.63) is 0 Å². The number of carboxylic acids is 1. The Kier molecular flexibility index (Phi) is 11.7. The quantitative estimate of drug-likeness (QED) is 0.258. The summed E-state index contributed by atoms with van der Waals surface area (Å²) in [7, 11) is -4.17. The van der Waals surface area contributed by atoms with Gasteiger partial charge in [-0.25, -0.2) is 0 Å². The number of carbonyl (C=O) groups excluding carboxylic acids is 1. The smallest absolute Gasteiger partial charge is 0.321 e. The Hall–Kier alpha value is -1.23. The molecule has 0 aromatic rings. The van der Waals surface area contributed by atoms with Crippen LogP contribution in [0.3, 0.4) is 0 Å². The summed E-state index contributed by atoms with van der Waals surface area (Å²) in [4.78, 5) is 24.1. The number of hydrogen-bond donors (Lipinski definition) is 5. The van der Waals surface area contributed by atoms with Crippen molar-refractivity contribution < 1.29 is 23.1 Å². The van der Waals surface area contributed by atoms with Gasteiger partial charge in [0.25, 0.3) is 10.2 Å². The zero-order valence-electron chi connectivity index (χ0n) is 17.7. The minimum absolute atomic E-state index is 0.139. The molecule has 1 amide bonds. The van der Waals surface area contributed by atoms with Crippen LogP contribution in [0.5, 0.6) is 0 Å². The second-order valence-corrected chi connectivity index (χ2v) is 9.82. The van der Waals surface area contributed by atoms with Crippen molar-refractivity contribution in [1.82, 2.24) is 14.8 Å². The Morgan fingerprint density at radius 2 is 1.69 bits per heavy atom. The Balaban J connectivity index is 2.80. The van der Waals surface area contributed by atoms with Crippen molar-refractivity contribution in [3.8, 4) is 0 Å². The van der Waals surface area contributed by atoms with Crippen LogP contribution in [-0.2, 0) is 19.8 Å². The Labute approximate surface area is 174 Å². The molecule has 0 bridgehead atoms. The van der Waals surface area contributed by atoms with E-state index in [4.69, 9.17) is 5.73 Å². The maximum Gasteiger partial charge on any atom is 0.321 e. The molecule has 1 aliphatic carbocycles. The molecule has 0 unspecified atom stereocenters. The lowest BCUT2D eigenvalue weighted by Crippen LogP contribution is -2.54. The number of nitrogens with two attached hydrogens (primary N) is 1. The zero-order valence-corrected chi connectivity index (χ0v) is 18.5. The van der Waals surface area contributed by atoms with Crippen LogP contribution in [0.15, 0.2) is 0 Å². The van der Waals surface area contributed by atoms with Crippen LogP contribution in [-0.4, -0.2) is 50.6 Å². The standard InChI is InChI=1S/C19H38N4O5S/c1-14(2)13-21-18(24)17(12-15-8-4-3-5-9-15)23-29(27,28)22-16(19(25)26)10-6-7-11-20/h14-17,22-23H,3-13,20H2,1-2H3,(H,21,24)(H,25,26)/t16-,17-/m0/s1. The van der Waals surface area contributed by atoms with Crippen LogP contribution >= 0.6 is 0 Å². The van der Waals surface area contributed by atoms with Gasteiger partial charge in [-0.1, -0.05) is 52.4 Å². The molecule has 10 heteroatoms. The third-order valence-electron chi connectivity index (χ3n) is 5.13. The van der Waals surface area contributed by atoms with Gasteiger partial charge in [0.1, 0.15) is 12.1 Å². The van der Waals surface area contributed by atoms with E-state index in [-0.39, 0.29) is 24.2 Å². The molecule has 0 radical (unpaired) electrons. The number of amides is 1. The Bertz CT molecular complexity index is 606. The maximum atomic E-state index is 12.6. The molecule has 0 aromatic heterocycles. The van der Waals surface area contributed by atoms with E-state index in [1.807, 2.05) is 13.8 Å². The topological polar surface area (TPSA) is 151 Å². The van der Waals surface area contributed by atoms with Crippen LogP contribution in [0.25, 0.3) is 0 Å². The molecule has 6 N–H and O–H groups in total. The van der Waals surface area contributed by atoms with Crippen molar-refractivity contribution in [3.63, 3.8) is 0 Å². The highest BCUT2D eigenvalue weighted by molar-refractivity contribution is 7.87. The van der Waals surface area contributed by atoms with E-state index in [9.17, 15) is 23.1 Å². The van der Waals surface area contributed by atoms with Crippen molar-refractivity contribution in [2.75, 3.05) is 13.1 Å². The fraction of sp³-hybridized carbons (Fsp3) is 0.895. The number of unbranched alkanes of at least 4 members (excludes halogenated alkanes) is 1. The highest BCUT2D eigenvalue weighted by atomic mass is 32.2. The fourth-order valence-corrected chi connectivity index (χ4v) is 4.77. The number of carbonyl (C=O) groups is 2. The first-order chi connectivity index (χ1) is 13.6. The first-order valence-electron chi connectivity index (χ1n) is 10.6. The predicted molar refractivity (Wildman–Crippen MR) is 112 cm³/mol. The lowest BCUT2D eigenvalue weighted by Gasteiger charge is -2.27. The van der Waals surface area contributed by atoms with Crippen molar-refractivity contribution in [2.45, 2.75) is 83.7 Å². The molecule has 9 nitrogen and oxygen atoms in total. The summed E-state index contributed by atoms with van der Waals surface area (Å²) in [6, 6.07) is -2.18. The molecule has 0 spiro atoms. The van der Waals surface area contributed by atoms with E-state index in [2.05, 4.69) is 14.8 Å². The van der Waals surface area contributed by atoms with E-state index < -0.39 is 28.3 Å². The second-order valence-electron chi connectivity index (χ2n) is 8.35. The van der Waals surface area contributed by atoms with E-state index in [1.54, 1.807) is 0 Å². The molecule has 0 aromatic carbocycles. The normalized spacial score (nSPS) is 17.8. The average Bonchev–Trinajstić information content (AvgIpc) is 2.65. The summed E-state index contributed by atoms with van der Waals surface area (Å²) >= 11 is 0. The molecule has 1 fully saturated rings. The first kappa shape index (κ1) is 25.8. The number of aliphatic carboxylic acids is 1. The second kappa shape index (κ2) is 13.1. The lowest BCUT2D eigenvalue weighted by atomic mass is 9.85. The third-order valence-corrected chi connectivity index (χ3v) is 6.32. The van der Waals surface area contributed by atoms with E-state index in [0.29, 0.717) is 32.4 Å². The molecule has 170 valence electrons. The van der Waals surface area contributed by atoms with Crippen LogP contribution in [0.1, 0.15) is 71.6 Å². The van der Waals surface area contributed by atoms with E-state index in [0.717, 1.165) is 32.1 Å². The van der Waals surface area contributed by atoms with Crippen molar-refractivity contribution in [1.29, 1.82) is 0 Å². The first-order valence-corrected chi connectivity index (χ1v) is 12.1. The molecular formula is C19H38N4O5S. The SMILES string of the molecule is CC(C)CNC(=O)[C@H](CC1CCCCC1)NS(=O)(=O)N[C@@H](CCCCN)C(=O)O. The monoisotopic (exact) mass is 434 g/mol. The molecular weight excluding hydrogens is 396 g/mol. The van der Waals surface area contributed by atoms with Gasteiger partial charge in [0.2, 0.25) is 5.91 Å². The van der Waals surface area contributed by atoms with Crippen molar-refractivity contribution >= 4 is 22.1 Å². The zero-order chi connectivity index (χ0) is 21.9. The Morgan fingerprint density at radius 3 is 2.24 bits per heavy atom. The summed E-state index contributed by atoms with van der Waals surface area (Å²) in [6.07, 6.45) is 6.93. The fourth-order valence-electron chi connectivity index (χ4n) is 3.53. The van der Waals surface area contributed by atoms with Gasteiger partial charge in [-0.05, 0) is 37.6 Å². The number of nitrogens with one attached hydrogen (secondary N) is 3. The molecule has 0 aliphatic heterocycles. The highest BCUT2D eigenvalue weighted by Gasteiger charge is 2.31. The summed E-state index contributed by atoms with van der Waals surface area (Å²) in [5, 5.41) is 12.1. The lowest BCUT2D eigenvalue weighted by molar-refractivity contribution is -0.139. The molecule has 2 atom stereocenters. The van der Waals surface area contributed by atoms with Crippen LogP contribution in [0.4, 0.5) is 0 Å². The summed E-state index contributed by atoms with van der Waals surface area (Å²) in [6.45, 7) is 4.78. The molecule has 1 saturated carbocycles. The van der Waals surface area contributed by atoms with Gasteiger partial charge < -0.3 is 16.2 Å². The minimum Gasteiger partial charge on any atom is -0.480 e. The molecule has 29 heavy (non-hydrogen) atoms. The van der Waals surface area contributed by atoms with Gasteiger partial charge in [0.05, 0.1) is 0 Å². The molecule has 1 rings (SSSR count). The number of hydrogen-bond acceptors (Lipinski definition) is 5.